The minimum absolute atomic E-state index is 0.138. The molecule has 5 heteroatoms. The van der Waals surface area contributed by atoms with Crippen molar-refractivity contribution in [3.05, 3.63) is 16.1 Å². The number of thiazole rings is 1. The lowest BCUT2D eigenvalue weighted by Gasteiger charge is -2.25. The second-order valence-corrected chi connectivity index (χ2v) is 7.63. The predicted molar refractivity (Wildman–Crippen MR) is 84.0 cm³/mol. The summed E-state index contributed by atoms with van der Waals surface area (Å²) in [5.74, 6) is 0. The molecule has 1 aromatic rings. The van der Waals surface area contributed by atoms with Crippen molar-refractivity contribution in [2.75, 3.05) is 13.7 Å². The highest BCUT2D eigenvalue weighted by molar-refractivity contribution is 7.09. The molecule has 1 saturated heterocycles. The molecule has 1 fully saturated rings. The molecule has 0 amide bonds. The number of hydrogen-bond acceptors (Lipinski definition) is 5. The predicted octanol–water partition coefficient (Wildman–Crippen LogP) is 2.64. The normalized spacial score (nSPS) is 23.7. The minimum atomic E-state index is 0.138. The third kappa shape index (κ3) is 4.52. The van der Waals surface area contributed by atoms with Crippen molar-refractivity contribution in [1.29, 1.82) is 0 Å². The molecule has 0 saturated carbocycles. The Morgan fingerprint density at radius 2 is 2.25 bits per heavy atom. The Balaban J connectivity index is 1.86. The quantitative estimate of drug-likeness (QED) is 0.906. The summed E-state index contributed by atoms with van der Waals surface area (Å²) in [4.78, 5) is 7.09. The Bertz CT molecular complexity index is 427. The van der Waals surface area contributed by atoms with Gasteiger partial charge < -0.3 is 10.1 Å². The van der Waals surface area contributed by atoms with Gasteiger partial charge in [0.25, 0.3) is 0 Å². The molecule has 2 atom stereocenters. The van der Waals surface area contributed by atoms with Crippen LogP contribution < -0.4 is 5.32 Å². The van der Waals surface area contributed by atoms with E-state index in [9.17, 15) is 0 Å². The highest BCUT2D eigenvalue weighted by Gasteiger charge is 2.28. The summed E-state index contributed by atoms with van der Waals surface area (Å²) in [6, 6.07) is 0.521. The smallest absolute Gasteiger partial charge is 0.107 e. The monoisotopic (exact) mass is 297 g/mol. The molecule has 1 N–H and O–H groups in total. The van der Waals surface area contributed by atoms with Crippen molar-refractivity contribution < 1.29 is 4.74 Å². The fourth-order valence-electron chi connectivity index (χ4n) is 2.52. The summed E-state index contributed by atoms with van der Waals surface area (Å²) in [7, 11) is 2.17. The second-order valence-electron chi connectivity index (χ2n) is 6.68. The fourth-order valence-corrected chi connectivity index (χ4v) is 3.24. The zero-order valence-electron chi connectivity index (χ0n) is 13.3. The van der Waals surface area contributed by atoms with Gasteiger partial charge in [0.2, 0.25) is 0 Å². The lowest BCUT2D eigenvalue weighted by molar-refractivity contribution is 0.0811. The van der Waals surface area contributed by atoms with Crippen molar-refractivity contribution >= 4 is 11.3 Å². The first kappa shape index (κ1) is 15.9. The van der Waals surface area contributed by atoms with Gasteiger partial charge in [0, 0.05) is 36.7 Å². The van der Waals surface area contributed by atoms with Crippen LogP contribution in [0.3, 0.4) is 0 Å². The van der Waals surface area contributed by atoms with Gasteiger partial charge in [-0.1, -0.05) is 0 Å². The number of likely N-dealkylation sites (N-methyl/N-ethyl adjacent to an activating group) is 1. The van der Waals surface area contributed by atoms with E-state index in [1.165, 1.54) is 10.7 Å². The van der Waals surface area contributed by atoms with Crippen molar-refractivity contribution in [1.82, 2.24) is 15.2 Å². The second kappa shape index (κ2) is 6.52. The fraction of sp³-hybridized carbons (Fsp3) is 0.800. The standard InChI is InChI=1S/C15H27N3OS/c1-11-13(6-7-19-11)18(5)9-12-10-20-14(17-12)8-16-15(2,3)4/h10-11,13,16H,6-9H2,1-5H3. The Kier molecular flexibility index (Phi) is 5.18. The molecule has 0 aliphatic carbocycles. The SMILES string of the molecule is CC1OCCC1N(C)Cc1csc(CNC(C)(C)C)n1. The molecule has 1 aromatic heterocycles. The van der Waals surface area contributed by atoms with E-state index in [0.29, 0.717) is 12.1 Å². The van der Waals surface area contributed by atoms with E-state index in [0.717, 1.165) is 26.1 Å². The van der Waals surface area contributed by atoms with Crippen LogP contribution in [0.1, 0.15) is 44.8 Å². The third-order valence-electron chi connectivity index (χ3n) is 3.68. The average molecular weight is 297 g/mol. The molecule has 0 bridgehead atoms. The first-order valence-electron chi connectivity index (χ1n) is 7.35. The Labute approximate surface area is 126 Å². The molecule has 0 aromatic carbocycles. The molecule has 4 nitrogen and oxygen atoms in total. The summed E-state index contributed by atoms with van der Waals surface area (Å²) < 4.78 is 5.64. The van der Waals surface area contributed by atoms with Gasteiger partial charge in [0.1, 0.15) is 5.01 Å². The van der Waals surface area contributed by atoms with Crippen LogP contribution in [0.4, 0.5) is 0 Å². The van der Waals surface area contributed by atoms with Gasteiger partial charge in [-0.25, -0.2) is 4.98 Å². The van der Waals surface area contributed by atoms with E-state index in [1.807, 2.05) is 0 Å². The number of aromatic nitrogens is 1. The Morgan fingerprint density at radius 1 is 1.50 bits per heavy atom. The van der Waals surface area contributed by atoms with E-state index in [-0.39, 0.29) is 5.54 Å². The summed E-state index contributed by atoms with van der Waals surface area (Å²) in [6.45, 7) is 11.3. The summed E-state index contributed by atoms with van der Waals surface area (Å²) in [5, 5.41) is 6.82. The van der Waals surface area contributed by atoms with Crippen LogP contribution >= 0.6 is 11.3 Å². The maximum absolute atomic E-state index is 5.64. The highest BCUT2D eigenvalue weighted by Crippen LogP contribution is 2.20. The largest absolute Gasteiger partial charge is 0.377 e. The van der Waals surface area contributed by atoms with Crippen LogP contribution in [0.2, 0.25) is 0 Å². The lowest BCUT2D eigenvalue weighted by Crippen LogP contribution is -2.36. The van der Waals surface area contributed by atoms with Gasteiger partial charge in [-0.2, -0.15) is 0 Å². The zero-order valence-corrected chi connectivity index (χ0v) is 14.1. The average Bonchev–Trinajstić information content (AvgIpc) is 2.94. The van der Waals surface area contributed by atoms with Crippen LogP contribution in [-0.4, -0.2) is 41.2 Å². The Morgan fingerprint density at radius 3 is 2.85 bits per heavy atom. The van der Waals surface area contributed by atoms with Crippen molar-refractivity contribution in [2.24, 2.45) is 0 Å². The van der Waals surface area contributed by atoms with Crippen molar-refractivity contribution in [3.63, 3.8) is 0 Å². The highest BCUT2D eigenvalue weighted by atomic mass is 32.1. The topological polar surface area (TPSA) is 37.4 Å². The number of nitrogens with one attached hydrogen (secondary N) is 1. The van der Waals surface area contributed by atoms with E-state index >= 15 is 0 Å². The minimum Gasteiger partial charge on any atom is -0.377 e. The molecular weight excluding hydrogens is 270 g/mol. The first-order valence-corrected chi connectivity index (χ1v) is 8.23. The van der Waals surface area contributed by atoms with E-state index in [4.69, 9.17) is 9.72 Å². The molecule has 0 radical (unpaired) electrons. The van der Waals surface area contributed by atoms with E-state index in [1.54, 1.807) is 11.3 Å². The summed E-state index contributed by atoms with van der Waals surface area (Å²) in [6.07, 6.45) is 1.46. The van der Waals surface area contributed by atoms with Gasteiger partial charge >= 0.3 is 0 Å². The molecule has 114 valence electrons. The maximum Gasteiger partial charge on any atom is 0.107 e. The van der Waals surface area contributed by atoms with Gasteiger partial charge in [0.05, 0.1) is 11.8 Å². The first-order chi connectivity index (χ1) is 9.35. The van der Waals surface area contributed by atoms with E-state index < -0.39 is 0 Å². The molecule has 1 aliphatic heterocycles. The van der Waals surface area contributed by atoms with Crippen LogP contribution in [0.15, 0.2) is 5.38 Å². The number of nitrogens with zero attached hydrogens (tertiary/aromatic N) is 2. The van der Waals surface area contributed by atoms with Crippen molar-refractivity contribution in [2.45, 2.75) is 64.9 Å². The van der Waals surface area contributed by atoms with Crippen LogP contribution in [0.5, 0.6) is 0 Å². The van der Waals surface area contributed by atoms with Crippen LogP contribution in [0, 0.1) is 0 Å². The number of rotatable bonds is 5. The number of ether oxygens (including phenoxy) is 1. The zero-order chi connectivity index (χ0) is 14.8. The molecule has 2 rings (SSSR count). The van der Waals surface area contributed by atoms with Crippen molar-refractivity contribution in [3.8, 4) is 0 Å². The molecule has 2 heterocycles. The molecular formula is C15H27N3OS. The maximum atomic E-state index is 5.64. The number of hydrogen-bond donors (Lipinski definition) is 1. The van der Waals surface area contributed by atoms with Gasteiger partial charge in [-0.3, -0.25) is 4.90 Å². The van der Waals surface area contributed by atoms with Gasteiger partial charge in [-0.05, 0) is 41.2 Å². The van der Waals surface area contributed by atoms with Crippen LogP contribution in [-0.2, 0) is 17.8 Å². The molecule has 1 aliphatic rings. The summed E-state index contributed by atoms with van der Waals surface area (Å²) in [5.41, 5.74) is 1.31. The van der Waals surface area contributed by atoms with Gasteiger partial charge in [0.15, 0.2) is 0 Å². The molecule has 0 spiro atoms. The van der Waals surface area contributed by atoms with Gasteiger partial charge in [-0.15, -0.1) is 11.3 Å². The lowest BCUT2D eigenvalue weighted by atomic mass is 10.1. The van der Waals surface area contributed by atoms with Crippen LogP contribution in [0.25, 0.3) is 0 Å². The summed E-state index contributed by atoms with van der Waals surface area (Å²) >= 11 is 1.74. The Hall–Kier alpha value is -0.490. The molecule has 2 unspecified atom stereocenters. The molecule has 20 heavy (non-hydrogen) atoms. The third-order valence-corrected chi connectivity index (χ3v) is 4.58. The van der Waals surface area contributed by atoms with E-state index in [2.05, 4.69) is 50.3 Å².